The minimum absolute atomic E-state index is 0.304. The second-order valence-electron chi connectivity index (χ2n) is 7.16. The maximum atomic E-state index is 11.9. The number of rotatable bonds is 1. The van der Waals surface area contributed by atoms with Crippen LogP contribution in [0.1, 0.15) is 44.6 Å². The number of nitrogens with one attached hydrogen (secondary N) is 1. The summed E-state index contributed by atoms with van der Waals surface area (Å²) in [6.45, 7) is 4.41. The van der Waals surface area contributed by atoms with Crippen LogP contribution < -0.4 is 5.32 Å². The van der Waals surface area contributed by atoms with Crippen LogP contribution in [0.3, 0.4) is 0 Å². The second kappa shape index (κ2) is 5.27. The first-order valence-corrected chi connectivity index (χ1v) is 8.50. The summed E-state index contributed by atoms with van der Waals surface area (Å²) >= 11 is 0. The number of fused-ring (bicyclic) bond motifs is 2. The standard InChI is InChI=1S/C18H24N2O2/c1-13-6-7-14(12-13)20-10-8-18(9-11-20)15-4-2-3-5-16(15)19-17(21)22-18/h2-5,13-14H,6-12H2,1H3,(H,19,21)/t13-,14?/m1/s1. The maximum absolute atomic E-state index is 11.9. The van der Waals surface area contributed by atoms with Crippen molar-refractivity contribution in [1.29, 1.82) is 0 Å². The van der Waals surface area contributed by atoms with E-state index in [0.717, 1.165) is 49.1 Å². The summed E-state index contributed by atoms with van der Waals surface area (Å²) in [5.74, 6) is 0.860. The fourth-order valence-corrected chi connectivity index (χ4v) is 4.49. The predicted octanol–water partition coefficient (Wildman–Crippen LogP) is 3.73. The molecule has 2 aliphatic heterocycles. The fourth-order valence-electron chi connectivity index (χ4n) is 4.49. The van der Waals surface area contributed by atoms with Crippen molar-refractivity contribution >= 4 is 11.8 Å². The van der Waals surface area contributed by atoms with Gasteiger partial charge in [-0.1, -0.05) is 25.1 Å². The zero-order valence-corrected chi connectivity index (χ0v) is 13.2. The number of benzene rings is 1. The fraction of sp³-hybridized carbons (Fsp3) is 0.611. The first-order chi connectivity index (χ1) is 10.7. The lowest BCUT2D eigenvalue weighted by molar-refractivity contribution is -0.0454. The van der Waals surface area contributed by atoms with Crippen molar-refractivity contribution in [3.05, 3.63) is 29.8 Å². The molecule has 4 rings (SSSR count). The Morgan fingerprint density at radius 1 is 1.23 bits per heavy atom. The third-order valence-electron chi connectivity index (χ3n) is 5.73. The summed E-state index contributed by atoms with van der Waals surface area (Å²) in [5.41, 5.74) is 1.65. The highest BCUT2D eigenvalue weighted by molar-refractivity contribution is 5.88. The molecule has 0 aromatic heterocycles. The molecule has 0 bridgehead atoms. The summed E-state index contributed by atoms with van der Waals surface area (Å²) in [4.78, 5) is 14.6. The number of carbonyl (C=O) groups excluding carboxylic acids is 1. The van der Waals surface area contributed by atoms with E-state index in [0.29, 0.717) is 0 Å². The third kappa shape index (κ3) is 2.30. The highest BCUT2D eigenvalue weighted by Crippen LogP contribution is 2.44. The van der Waals surface area contributed by atoms with Gasteiger partial charge < -0.3 is 9.64 Å². The molecule has 1 saturated carbocycles. The summed E-state index contributed by atoms with van der Waals surface area (Å²) in [5, 5.41) is 2.83. The highest BCUT2D eigenvalue weighted by Gasteiger charge is 2.45. The largest absolute Gasteiger partial charge is 0.438 e. The van der Waals surface area contributed by atoms with Gasteiger partial charge in [0.1, 0.15) is 5.60 Å². The number of anilines is 1. The zero-order valence-electron chi connectivity index (χ0n) is 13.2. The minimum Gasteiger partial charge on any atom is -0.438 e. The quantitative estimate of drug-likeness (QED) is 0.859. The number of hydrogen-bond acceptors (Lipinski definition) is 3. The van der Waals surface area contributed by atoms with Crippen LogP contribution in [0.25, 0.3) is 0 Å². The van der Waals surface area contributed by atoms with Crippen molar-refractivity contribution in [1.82, 2.24) is 4.90 Å². The Morgan fingerprint density at radius 3 is 2.73 bits per heavy atom. The lowest BCUT2D eigenvalue weighted by Gasteiger charge is -2.45. The predicted molar refractivity (Wildman–Crippen MR) is 85.8 cm³/mol. The summed E-state index contributed by atoms with van der Waals surface area (Å²) in [6, 6.07) is 8.81. The van der Waals surface area contributed by atoms with Gasteiger partial charge >= 0.3 is 6.09 Å². The number of ether oxygens (including phenoxy) is 1. The zero-order chi connectivity index (χ0) is 15.2. The molecule has 1 aromatic carbocycles. The van der Waals surface area contributed by atoms with Gasteiger partial charge in [-0.3, -0.25) is 5.32 Å². The van der Waals surface area contributed by atoms with Gasteiger partial charge in [-0.25, -0.2) is 4.79 Å². The van der Waals surface area contributed by atoms with Crippen LogP contribution in [-0.4, -0.2) is 30.1 Å². The molecule has 1 amide bonds. The maximum Gasteiger partial charge on any atom is 0.412 e. The molecule has 2 atom stereocenters. The summed E-state index contributed by atoms with van der Waals surface area (Å²) in [7, 11) is 0. The molecule has 0 radical (unpaired) electrons. The molecule has 118 valence electrons. The van der Waals surface area contributed by atoms with Crippen LogP contribution in [0.4, 0.5) is 10.5 Å². The number of hydrogen-bond donors (Lipinski definition) is 1. The van der Waals surface area contributed by atoms with Crippen molar-refractivity contribution in [3.8, 4) is 0 Å². The van der Waals surface area contributed by atoms with Gasteiger partial charge in [-0.2, -0.15) is 0 Å². The van der Waals surface area contributed by atoms with Crippen molar-refractivity contribution in [2.75, 3.05) is 18.4 Å². The van der Waals surface area contributed by atoms with Gasteiger partial charge in [-0.15, -0.1) is 0 Å². The van der Waals surface area contributed by atoms with E-state index >= 15 is 0 Å². The van der Waals surface area contributed by atoms with Gasteiger partial charge in [0.05, 0.1) is 5.69 Å². The van der Waals surface area contributed by atoms with E-state index < -0.39 is 5.60 Å². The Balaban J connectivity index is 1.54. The van der Waals surface area contributed by atoms with Crippen molar-refractivity contribution in [2.45, 2.75) is 50.7 Å². The first kappa shape index (κ1) is 14.1. The molecule has 4 heteroatoms. The lowest BCUT2D eigenvalue weighted by Crippen LogP contribution is -2.50. The molecular formula is C18H24N2O2. The van der Waals surface area contributed by atoms with E-state index in [4.69, 9.17) is 4.74 Å². The monoisotopic (exact) mass is 300 g/mol. The number of piperidine rings is 1. The second-order valence-corrected chi connectivity index (χ2v) is 7.16. The summed E-state index contributed by atoms with van der Waals surface area (Å²) in [6.07, 6.45) is 5.51. The van der Waals surface area contributed by atoms with E-state index in [1.807, 2.05) is 18.2 Å². The molecule has 1 aliphatic carbocycles. The SMILES string of the molecule is C[C@@H]1CCC(N2CCC3(CC2)OC(=O)Nc2ccccc23)C1. The lowest BCUT2D eigenvalue weighted by atomic mass is 9.82. The Kier molecular flexibility index (Phi) is 3.37. The Hall–Kier alpha value is -1.55. The van der Waals surface area contributed by atoms with Crippen molar-refractivity contribution in [3.63, 3.8) is 0 Å². The Labute approximate surface area is 131 Å². The molecule has 22 heavy (non-hydrogen) atoms. The average Bonchev–Trinajstić information content (AvgIpc) is 2.94. The molecule has 4 nitrogen and oxygen atoms in total. The molecule has 1 unspecified atom stereocenters. The molecule has 3 aliphatic rings. The Bertz CT molecular complexity index is 578. The van der Waals surface area contributed by atoms with E-state index in [1.165, 1.54) is 19.3 Å². The molecule has 1 N–H and O–H groups in total. The van der Waals surface area contributed by atoms with Gasteiger partial charge in [0.15, 0.2) is 0 Å². The minimum atomic E-state index is -0.417. The molecule has 1 aromatic rings. The number of carbonyl (C=O) groups is 1. The third-order valence-corrected chi connectivity index (χ3v) is 5.73. The molecule has 1 spiro atoms. The number of nitrogens with zero attached hydrogens (tertiary/aromatic N) is 1. The molecule has 1 saturated heterocycles. The van der Waals surface area contributed by atoms with E-state index in [2.05, 4.69) is 23.2 Å². The number of para-hydroxylation sites is 1. The van der Waals surface area contributed by atoms with Crippen molar-refractivity contribution in [2.24, 2.45) is 5.92 Å². The normalized spacial score (nSPS) is 30.7. The van der Waals surface area contributed by atoms with Crippen LogP contribution >= 0.6 is 0 Å². The van der Waals surface area contributed by atoms with Crippen LogP contribution in [0, 0.1) is 5.92 Å². The molecule has 2 fully saturated rings. The Morgan fingerprint density at radius 2 is 2.00 bits per heavy atom. The summed E-state index contributed by atoms with van der Waals surface area (Å²) < 4.78 is 5.80. The number of likely N-dealkylation sites (tertiary alicyclic amines) is 1. The smallest absolute Gasteiger partial charge is 0.412 e. The van der Waals surface area contributed by atoms with E-state index in [-0.39, 0.29) is 6.09 Å². The topological polar surface area (TPSA) is 41.6 Å². The number of amides is 1. The van der Waals surface area contributed by atoms with Gasteiger partial charge in [0.25, 0.3) is 0 Å². The highest BCUT2D eigenvalue weighted by atomic mass is 16.6. The molecular weight excluding hydrogens is 276 g/mol. The van der Waals surface area contributed by atoms with Crippen LogP contribution in [-0.2, 0) is 10.3 Å². The van der Waals surface area contributed by atoms with Gasteiger partial charge in [0, 0.05) is 37.5 Å². The van der Waals surface area contributed by atoms with Gasteiger partial charge in [-0.05, 0) is 31.2 Å². The van der Waals surface area contributed by atoms with Gasteiger partial charge in [0.2, 0.25) is 0 Å². The first-order valence-electron chi connectivity index (χ1n) is 8.50. The van der Waals surface area contributed by atoms with Crippen molar-refractivity contribution < 1.29 is 9.53 Å². The molecule has 2 heterocycles. The van der Waals surface area contributed by atoms with Crippen LogP contribution in [0.5, 0.6) is 0 Å². The van der Waals surface area contributed by atoms with E-state index in [1.54, 1.807) is 0 Å². The van der Waals surface area contributed by atoms with Crippen LogP contribution in [0.2, 0.25) is 0 Å². The average molecular weight is 300 g/mol. The van der Waals surface area contributed by atoms with Crippen LogP contribution in [0.15, 0.2) is 24.3 Å². The van der Waals surface area contributed by atoms with E-state index in [9.17, 15) is 4.79 Å².